The molecular formula is C10H19F4N2O3P. The quantitative estimate of drug-likeness (QED) is 0.246. The van der Waals surface area contributed by atoms with Gasteiger partial charge in [-0.25, -0.2) is 0 Å². The zero-order valence-electron chi connectivity index (χ0n) is 11.9. The van der Waals surface area contributed by atoms with E-state index in [0.29, 0.717) is 4.90 Å². The van der Waals surface area contributed by atoms with E-state index >= 15 is 0 Å². The van der Waals surface area contributed by atoms with Crippen molar-refractivity contribution in [2.24, 2.45) is 4.99 Å². The van der Waals surface area contributed by atoms with Gasteiger partial charge in [0.15, 0.2) is 0 Å². The fourth-order valence-electron chi connectivity index (χ4n) is 1.24. The van der Waals surface area contributed by atoms with Gasteiger partial charge in [0.1, 0.15) is 6.29 Å². The number of amidine groups is 1. The molecule has 0 saturated heterocycles. The molecule has 0 aromatic rings. The molecule has 0 saturated carbocycles. The highest BCUT2D eigenvalue weighted by Gasteiger charge is 2.33. The van der Waals surface area contributed by atoms with Crippen molar-refractivity contribution in [2.45, 2.75) is 46.2 Å². The lowest BCUT2D eigenvalue weighted by Gasteiger charge is -2.26. The Bertz CT molecular complexity index is 371. The van der Waals surface area contributed by atoms with Gasteiger partial charge in [-0.05, 0) is 27.7 Å². The lowest BCUT2D eigenvalue weighted by molar-refractivity contribution is -0.121. The monoisotopic (exact) mass is 322 g/mol. The average Bonchev–Trinajstić information content (AvgIpc) is 2.10. The molecule has 0 fully saturated rings. The van der Waals surface area contributed by atoms with E-state index in [4.69, 9.17) is 9.05 Å². The number of rotatable bonds is 6. The van der Waals surface area contributed by atoms with Crippen LogP contribution < -0.4 is 0 Å². The Morgan fingerprint density at radius 2 is 1.60 bits per heavy atom. The molecule has 120 valence electrons. The first-order chi connectivity index (χ1) is 8.84. The summed E-state index contributed by atoms with van der Waals surface area (Å²) in [7, 11) is -2.79. The second kappa shape index (κ2) is 7.38. The summed E-state index contributed by atoms with van der Waals surface area (Å²) in [6, 6.07) is 0. The van der Waals surface area contributed by atoms with Crippen LogP contribution in [0.3, 0.4) is 0 Å². The minimum absolute atomic E-state index is 0.443. The van der Waals surface area contributed by atoms with Crippen molar-refractivity contribution in [3.8, 4) is 0 Å². The summed E-state index contributed by atoms with van der Waals surface area (Å²) in [6.45, 7) is 6.32. The minimum Gasteiger partial charge on any atom is -0.324 e. The average molecular weight is 322 g/mol. The van der Waals surface area contributed by atoms with E-state index in [-0.39, 0.29) is 0 Å². The maximum absolute atomic E-state index is 13.2. The second-order valence-electron chi connectivity index (χ2n) is 4.61. The Balaban J connectivity index is 4.99. The zero-order chi connectivity index (χ0) is 16.1. The zero-order valence-corrected chi connectivity index (χ0v) is 12.8. The maximum atomic E-state index is 13.2. The van der Waals surface area contributed by atoms with Crippen molar-refractivity contribution in [3.05, 3.63) is 0 Å². The Morgan fingerprint density at radius 1 is 1.20 bits per heavy atom. The topological polar surface area (TPSA) is 51.1 Å². The van der Waals surface area contributed by atoms with E-state index in [0.717, 1.165) is 7.05 Å². The largest absolute Gasteiger partial charge is 0.506 e. The number of hydrogen-bond acceptors (Lipinski definition) is 4. The van der Waals surface area contributed by atoms with Crippen LogP contribution in [0, 0.1) is 0 Å². The molecule has 0 amide bonds. The predicted octanol–water partition coefficient (Wildman–Crippen LogP) is 3.76. The van der Waals surface area contributed by atoms with Gasteiger partial charge in [0.05, 0.1) is 12.2 Å². The van der Waals surface area contributed by atoms with Gasteiger partial charge >= 0.3 is 13.9 Å². The van der Waals surface area contributed by atoms with Crippen LogP contribution in [0.1, 0.15) is 27.7 Å². The molecule has 0 aromatic carbocycles. The SMILES string of the molecule is CC(C)OP(=O)(CN(C)C(F)=NC(F)(F)F)OC(C)C. The van der Waals surface area contributed by atoms with Gasteiger partial charge in [-0.2, -0.15) is 4.39 Å². The van der Waals surface area contributed by atoms with Crippen molar-refractivity contribution < 1.29 is 31.2 Å². The molecule has 10 heteroatoms. The highest BCUT2D eigenvalue weighted by atomic mass is 31.2. The van der Waals surface area contributed by atoms with Gasteiger partial charge < -0.3 is 13.9 Å². The summed E-state index contributed by atoms with van der Waals surface area (Å²) in [5, 5.41) is 0. The van der Waals surface area contributed by atoms with E-state index < -0.39 is 38.5 Å². The molecule has 0 spiro atoms. The van der Waals surface area contributed by atoms with Crippen molar-refractivity contribution in [2.75, 3.05) is 13.3 Å². The Hall–Kier alpha value is -0.660. The van der Waals surface area contributed by atoms with Crippen LogP contribution in [0.4, 0.5) is 17.6 Å². The summed E-state index contributed by atoms with van der Waals surface area (Å²) < 4.78 is 71.5. The number of alkyl halides is 3. The van der Waals surface area contributed by atoms with Gasteiger partial charge in [0.2, 0.25) is 0 Å². The normalized spacial score (nSPS) is 14.2. The first-order valence-electron chi connectivity index (χ1n) is 5.83. The Labute approximate surface area is 115 Å². The molecule has 0 unspecified atom stereocenters. The third kappa shape index (κ3) is 8.50. The van der Waals surface area contributed by atoms with E-state index in [2.05, 4.69) is 0 Å². The fraction of sp³-hybridized carbons (Fsp3) is 0.900. The van der Waals surface area contributed by atoms with Gasteiger partial charge in [-0.1, -0.05) is 0 Å². The lowest BCUT2D eigenvalue weighted by atomic mass is 10.5. The molecule has 0 atom stereocenters. The van der Waals surface area contributed by atoms with Crippen molar-refractivity contribution in [3.63, 3.8) is 0 Å². The highest BCUT2D eigenvalue weighted by molar-refractivity contribution is 7.53. The standard InChI is InChI=1S/C10H19F4N2O3P/c1-7(2)18-20(17,19-8(3)4)6-16(5)9(11)15-10(12,13)14/h7-8H,6H2,1-5H3. The van der Waals surface area contributed by atoms with Crippen molar-refractivity contribution >= 4 is 13.7 Å². The summed E-state index contributed by atoms with van der Waals surface area (Å²) in [5.41, 5.74) is 0. The maximum Gasteiger partial charge on any atom is 0.506 e. The number of aliphatic imine (C=N–C) groups is 1. The van der Waals surface area contributed by atoms with Crippen LogP contribution in [-0.2, 0) is 13.6 Å². The summed E-state index contributed by atoms with van der Waals surface area (Å²) in [6.07, 6.45) is -8.50. The van der Waals surface area contributed by atoms with E-state index in [1.54, 1.807) is 27.7 Å². The second-order valence-corrected chi connectivity index (χ2v) is 6.53. The lowest BCUT2D eigenvalue weighted by Crippen LogP contribution is -2.28. The molecule has 0 heterocycles. The van der Waals surface area contributed by atoms with E-state index in [1.807, 2.05) is 4.99 Å². The molecular weight excluding hydrogens is 303 g/mol. The third-order valence-corrected chi connectivity index (χ3v) is 3.92. The van der Waals surface area contributed by atoms with E-state index in [1.165, 1.54) is 0 Å². The predicted molar refractivity (Wildman–Crippen MR) is 67.3 cm³/mol. The van der Waals surface area contributed by atoms with Gasteiger partial charge in [-0.3, -0.25) is 4.57 Å². The highest BCUT2D eigenvalue weighted by Crippen LogP contribution is 2.50. The summed E-state index contributed by atoms with van der Waals surface area (Å²) >= 11 is 0. The van der Waals surface area contributed by atoms with Crippen LogP contribution in [-0.4, -0.2) is 42.8 Å². The van der Waals surface area contributed by atoms with Crippen LogP contribution in [0.15, 0.2) is 4.99 Å². The van der Waals surface area contributed by atoms with Crippen molar-refractivity contribution in [1.29, 1.82) is 0 Å². The molecule has 5 nitrogen and oxygen atoms in total. The number of nitrogens with zero attached hydrogens (tertiary/aromatic N) is 2. The van der Waals surface area contributed by atoms with Crippen molar-refractivity contribution in [1.82, 2.24) is 4.90 Å². The smallest absolute Gasteiger partial charge is 0.324 e. The molecule has 0 aliphatic carbocycles. The molecule has 0 aromatic heterocycles. The Kier molecular flexibility index (Phi) is 7.13. The van der Waals surface area contributed by atoms with Gasteiger partial charge in [0, 0.05) is 7.05 Å². The van der Waals surface area contributed by atoms with Gasteiger partial charge in [-0.15, -0.1) is 18.2 Å². The summed E-state index contributed by atoms with van der Waals surface area (Å²) in [5.74, 6) is 0. The summed E-state index contributed by atoms with van der Waals surface area (Å²) in [4.78, 5) is 2.34. The molecule has 0 aliphatic rings. The molecule has 0 N–H and O–H groups in total. The minimum atomic E-state index is -5.04. The molecule has 0 radical (unpaired) electrons. The molecule has 0 rings (SSSR count). The Morgan fingerprint density at radius 3 is 1.90 bits per heavy atom. The van der Waals surface area contributed by atoms with Gasteiger partial charge in [0.25, 0.3) is 6.09 Å². The molecule has 0 bridgehead atoms. The molecule has 20 heavy (non-hydrogen) atoms. The number of halogens is 4. The van der Waals surface area contributed by atoms with Crippen LogP contribution in [0.5, 0.6) is 0 Å². The third-order valence-electron chi connectivity index (χ3n) is 1.66. The van der Waals surface area contributed by atoms with Crippen LogP contribution in [0.25, 0.3) is 0 Å². The van der Waals surface area contributed by atoms with Crippen LogP contribution in [0.2, 0.25) is 0 Å². The number of hydrogen-bond donors (Lipinski definition) is 0. The fourth-order valence-corrected chi connectivity index (χ4v) is 3.35. The first kappa shape index (κ1) is 19.3. The van der Waals surface area contributed by atoms with E-state index in [9.17, 15) is 22.1 Å². The molecule has 0 aliphatic heterocycles. The van der Waals surface area contributed by atoms with Crippen LogP contribution >= 0.6 is 7.60 Å². The first-order valence-corrected chi connectivity index (χ1v) is 7.56.